The molecule has 0 bridgehead atoms. The molecular weight excluding hydrogens is 561 g/mol. The number of alkyl halides is 7. The monoisotopic (exact) mass is 584 g/mol. The number of halogens is 7. The molecule has 0 aliphatic carbocycles. The van der Waals surface area contributed by atoms with E-state index < -0.39 is 47.8 Å². The normalized spacial score (nSPS) is 12.1. The van der Waals surface area contributed by atoms with Crippen molar-refractivity contribution in [3.8, 4) is 0 Å². The van der Waals surface area contributed by atoms with Crippen molar-refractivity contribution in [2.24, 2.45) is 0 Å². The molecule has 13 heteroatoms. The van der Waals surface area contributed by atoms with Crippen LogP contribution in [-0.4, -0.2) is 42.3 Å². The van der Waals surface area contributed by atoms with Crippen LogP contribution in [-0.2, 0) is 16.9 Å². The first kappa shape index (κ1) is 31.1. The molecule has 0 aliphatic rings. The van der Waals surface area contributed by atoms with Crippen molar-refractivity contribution < 1.29 is 50.2 Å². The highest BCUT2D eigenvalue weighted by Gasteiger charge is 2.73. The number of hydrogen-bond acceptors (Lipinski definition) is 3. The largest absolute Gasteiger partial charge is 0.481 e. The Morgan fingerprint density at radius 2 is 1.39 bits per heavy atom. The smallest absolute Gasteiger partial charge is 0.435 e. The molecule has 0 fully saturated rings. The van der Waals surface area contributed by atoms with Crippen molar-refractivity contribution >= 4 is 29.2 Å². The van der Waals surface area contributed by atoms with Crippen molar-refractivity contribution in [2.45, 2.75) is 38.3 Å². The van der Waals surface area contributed by atoms with Crippen molar-refractivity contribution in [3.63, 3.8) is 0 Å². The Morgan fingerprint density at radius 1 is 0.829 bits per heavy atom. The molecular formula is C28H23F7N2O4. The number of carboxylic acid groups (broad SMARTS) is 1. The molecule has 3 aromatic rings. The van der Waals surface area contributed by atoms with Crippen LogP contribution < -0.4 is 10.2 Å². The zero-order chi connectivity index (χ0) is 30.9. The van der Waals surface area contributed by atoms with Gasteiger partial charge in [0.1, 0.15) is 0 Å². The summed E-state index contributed by atoms with van der Waals surface area (Å²) in [5, 5.41) is 11.6. The lowest BCUT2D eigenvalue weighted by Gasteiger charge is -2.32. The van der Waals surface area contributed by atoms with Gasteiger partial charge in [0, 0.05) is 35.1 Å². The zero-order valence-electron chi connectivity index (χ0n) is 21.7. The fraction of sp³-hybridized carbons (Fsp3) is 0.250. The second-order valence-corrected chi connectivity index (χ2v) is 9.24. The molecule has 0 radical (unpaired) electrons. The van der Waals surface area contributed by atoms with Crippen molar-refractivity contribution in [2.75, 3.05) is 17.3 Å². The Hall–Kier alpha value is -4.42. The summed E-state index contributed by atoms with van der Waals surface area (Å²) in [6.45, 7) is 2.29. The van der Waals surface area contributed by atoms with Crippen LogP contribution in [0.4, 0.5) is 42.1 Å². The average molecular weight is 584 g/mol. The molecule has 0 heterocycles. The topological polar surface area (TPSA) is 86.7 Å². The number of rotatable bonds is 7. The third-order valence-electron chi connectivity index (χ3n) is 6.28. The molecule has 2 N–H and O–H groups in total. The Bertz CT molecular complexity index is 1460. The number of anilines is 2. The minimum absolute atomic E-state index is 0.00239. The number of amides is 2. The lowest BCUT2D eigenvalue weighted by molar-refractivity contribution is -0.348. The van der Waals surface area contributed by atoms with E-state index in [9.17, 15) is 45.1 Å². The van der Waals surface area contributed by atoms with E-state index in [1.807, 2.05) is 0 Å². The van der Waals surface area contributed by atoms with Gasteiger partial charge in [-0.15, -0.1) is 0 Å². The number of benzene rings is 3. The zero-order valence-corrected chi connectivity index (χ0v) is 21.7. The summed E-state index contributed by atoms with van der Waals surface area (Å²) in [4.78, 5) is 38.2. The third-order valence-corrected chi connectivity index (χ3v) is 6.28. The molecule has 0 saturated carbocycles. The molecule has 41 heavy (non-hydrogen) atoms. The van der Waals surface area contributed by atoms with Crippen LogP contribution in [0.2, 0.25) is 0 Å². The van der Waals surface area contributed by atoms with E-state index in [0.717, 1.165) is 18.7 Å². The summed E-state index contributed by atoms with van der Waals surface area (Å²) in [7, 11) is 1.24. The minimum Gasteiger partial charge on any atom is -0.481 e. The molecule has 218 valence electrons. The van der Waals surface area contributed by atoms with E-state index in [1.165, 1.54) is 43.4 Å². The van der Waals surface area contributed by atoms with Gasteiger partial charge >= 0.3 is 24.0 Å². The molecule has 6 nitrogen and oxygen atoms in total. The third kappa shape index (κ3) is 6.18. The van der Waals surface area contributed by atoms with Gasteiger partial charge in [-0.1, -0.05) is 36.4 Å². The second kappa shape index (κ2) is 11.2. The fourth-order valence-electron chi connectivity index (χ4n) is 4.45. The van der Waals surface area contributed by atoms with E-state index in [1.54, 1.807) is 12.1 Å². The lowest BCUT2D eigenvalue weighted by atomic mass is 9.90. The van der Waals surface area contributed by atoms with Crippen LogP contribution >= 0.6 is 0 Å². The lowest BCUT2D eigenvalue weighted by Crippen LogP contribution is -2.50. The fourth-order valence-corrected chi connectivity index (χ4v) is 4.45. The number of aliphatic carboxylic acids is 1. The van der Waals surface area contributed by atoms with E-state index >= 15 is 0 Å². The molecule has 0 unspecified atom stereocenters. The molecule has 3 rings (SSSR count). The summed E-state index contributed by atoms with van der Waals surface area (Å²) >= 11 is 0. The van der Waals surface area contributed by atoms with Gasteiger partial charge in [0.05, 0.1) is 6.42 Å². The molecule has 0 atom stereocenters. The van der Waals surface area contributed by atoms with Crippen LogP contribution in [0.5, 0.6) is 0 Å². The molecule has 0 aliphatic heterocycles. The summed E-state index contributed by atoms with van der Waals surface area (Å²) < 4.78 is 94.2. The summed E-state index contributed by atoms with van der Waals surface area (Å²) in [5.74, 6) is -2.52. The first-order chi connectivity index (χ1) is 18.9. The number of aryl methyl sites for hydroxylation is 2. The standard InChI is InChI=1S/C28H23F7N2O4/c1-15-11-19(26(29,27(30,31)32)28(33,34)35)12-16(2)23(15)37(3)25(41)18-8-6-9-20(13-18)36-24(40)21-10-5-4-7-17(21)14-22(38)39/h4-13H,14H2,1-3H3,(H,36,40)(H,38,39). The van der Waals surface area contributed by atoms with Gasteiger partial charge < -0.3 is 15.3 Å². The van der Waals surface area contributed by atoms with Gasteiger partial charge in [-0.05, 0) is 54.8 Å². The van der Waals surface area contributed by atoms with Crippen LogP contribution in [0.1, 0.15) is 43.0 Å². The SMILES string of the molecule is Cc1cc(C(F)(C(F)(F)F)C(F)(F)F)cc(C)c1N(C)C(=O)c1cccc(NC(=O)c2ccccc2CC(=O)O)c1. The second-order valence-electron chi connectivity index (χ2n) is 9.24. The highest BCUT2D eigenvalue weighted by molar-refractivity contribution is 6.09. The molecule has 0 saturated heterocycles. The maximum atomic E-state index is 14.6. The minimum atomic E-state index is -6.29. The highest BCUT2D eigenvalue weighted by atomic mass is 19.4. The highest BCUT2D eigenvalue weighted by Crippen LogP contribution is 2.54. The van der Waals surface area contributed by atoms with Gasteiger partial charge in [-0.2, -0.15) is 26.3 Å². The predicted octanol–water partition coefficient (Wildman–Crippen LogP) is 6.75. The molecule has 0 aromatic heterocycles. The Kier molecular flexibility index (Phi) is 8.51. The number of carbonyl (C=O) groups is 3. The van der Waals surface area contributed by atoms with E-state index in [2.05, 4.69) is 5.32 Å². The van der Waals surface area contributed by atoms with Gasteiger partial charge in [-0.25, -0.2) is 4.39 Å². The number of carbonyl (C=O) groups excluding carboxylic acids is 2. The summed E-state index contributed by atoms with van der Waals surface area (Å²) in [6, 6.07) is 12.3. The van der Waals surface area contributed by atoms with Gasteiger partial charge in [0.25, 0.3) is 11.8 Å². The van der Waals surface area contributed by atoms with Crippen LogP contribution in [0.15, 0.2) is 60.7 Å². The number of hydrogen-bond donors (Lipinski definition) is 2. The first-order valence-corrected chi connectivity index (χ1v) is 11.8. The Balaban J connectivity index is 1.92. The quantitative estimate of drug-likeness (QED) is 0.301. The van der Waals surface area contributed by atoms with E-state index in [-0.39, 0.29) is 39.2 Å². The van der Waals surface area contributed by atoms with Crippen LogP contribution in [0, 0.1) is 13.8 Å². The molecule has 0 spiro atoms. The van der Waals surface area contributed by atoms with Crippen molar-refractivity contribution in [1.29, 1.82) is 0 Å². The Labute approximate surface area is 229 Å². The summed E-state index contributed by atoms with van der Waals surface area (Å²) in [5.41, 5.74) is -7.25. The molecule has 2 amide bonds. The van der Waals surface area contributed by atoms with E-state index in [4.69, 9.17) is 5.11 Å². The summed E-state index contributed by atoms with van der Waals surface area (Å²) in [6.07, 6.45) is -13.0. The average Bonchev–Trinajstić information content (AvgIpc) is 2.85. The Morgan fingerprint density at radius 3 is 1.93 bits per heavy atom. The van der Waals surface area contributed by atoms with Crippen molar-refractivity contribution in [3.05, 3.63) is 94.0 Å². The predicted molar refractivity (Wildman–Crippen MR) is 136 cm³/mol. The van der Waals surface area contributed by atoms with Gasteiger partial charge in [0.2, 0.25) is 0 Å². The van der Waals surface area contributed by atoms with Crippen LogP contribution in [0.3, 0.4) is 0 Å². The maximum absolute atomic E-state index is 14.6. The first-order valence-electron chi connectivity index (χ1n) is 11.8. The van der Waals surface area contributed by atoms with Crippen molar-refractivity contribution in [1.82, 2.24) is 0 Å². The van der Waals surface area contributed by atoms with Gasteiger partial charge in [0.15, 0.2) is 0 Å². The number of nitrogens with zero attached hydrogens (tertiary/aromatic N) is 1. The number of carboxylic acids is 1. The van der Waals surface area contributed by atoms with Gasteiger partial charge in [-0.3, -0.25) is 14.4 Å². The number of nitrogens with one attached hydrogen (secondary N) is 1. The molecule has 3 aromatic carbocycles. The van der Waals surface area contributed by atoms with E-state index in [0.29, 0.717) is 12.1 Å². The maximum Gasteiger partial charge on any atom is 0.435 e. The van der Waals surface area contributed by atoms with Crippen LogP contribution in [0.25, 0.3) is 0 Å².